The lowest BCUT2D eigenvalue weighted by Gasteiger charge is -2.24. The topological polar surface area (TPSA) is 66.8 Å². The summed E-state index contributed by atoms with van der Waals surface area (Å²) in [7, 11) is 1.00. The molecule has 0 aromatic carbocycles. The number of likely N-dealkylation sites (tertiary alicyclic amines) is 1. The van der Waals surface area contributed by atoms with E-state index in [1.165, 1.54) is 0 Å². The summed E-state index contributed by atoms with van der Waals surface area (Å²) >= 11 is 0. The zero-order valence-corrected chi connectivity index (χ0v) is 10.4. The lowest BCUT2D eigenvalue weighted by Crippen LogP contribution is -2.35. The van der Waals surface area contributed by atoms with Crippen LogP contribution >= 0.6 is 0 Å². The first-order chi connectivity index (χ1) is 7.42. The molecule has 1 saturated heterocycles. The quantitative estimate of drug-likeness (QED) is 0.685. The van der Waals surface area contributed by atoms with Crippen LogP contribution in [0.3, 0.4) is 0 Å². The van der Waals surface area contributed by atoms with Gasteiger partial charge < -0.3 is 19.5 Å². The van der Waals surface area contributed by atoms with E-state index in [2.05, 4.69) is 0 Å². The molecule has 1 N–H and O–H groups in total. The number of ether oxygens (including phenoxy) is 1. The second-order valence-corrected chi connectivity index (χ2v) is 4.61. The van der Waals surface area contributed by atoms with E-state index in [9.17, 15) is 9.59 Å². The Morgan fingerprint density at radius 2 is 2.00 bits per heavy atom. The van der Waals surface area contributed by atoms with Crippen molar-refractivity contribution >= 4 is 12.4 Å². The van der Waals surface area contributed by atoms with Crippen LogP contribution in [0.4, 0.5) is 4.79 Å². The van der Waals surface area contributed by atoms with Gasteiger partial charge in [-0.15, -0.1) is 0 Å². The zero-order valence-electron chi connectivity index (χ0n) is 10.4. The smallest absolute Gasteiger partial charge is 0.410 e. The molecule has 0 spiro atoms. The Kier molecular flexibility index (Phi) is 6.03. The highest BCUT2D eigenvalue weighted by Crippen LogP contribution is 2.17. The molecule has 0 radical (unpaired) electrons. The van der Waals surface area contributed by atoms with Crippen LogP contribution in [0.15, 0.2) is 0 Å². The number of hydrogen-bond donors (Lipinski definition) is 1. The van der Waals surface area contributed by atoms with Crippen molar-refractivity contribution in [2.24, 2.45) is 5.92 Å². The van der Waals surface area contributed by atoms with Gasteiger partial charge in [0, 0.05) is 26.1 Å². The number of aliphatic hydroxyl groups excluding tert-OH is 1. The van der Waals surface area contributed by atoms with Gasteiger partial charge in [-0.1, -0.05) is 0 Å². The van der Waals surface area contributed by atoms with Crippen LogP contribution in [0, 0.1) is 5.92 Å². The van der Waals surface area contributed by atoms with Crippen molar-refractivity contribution in [2.75, 3.05) is 20.2 Å². The standard InChI is InChI=1S/C10H17NO3.CH4O/c1-10(2,3)14-9(13)11-5-4-8(6-11)7-12;1-2/h7-8H,4-6H2,1-3H3;2H,1H3/t8-;/m1./s1. The van der Waals surface area contributed by atoms with E-state index in [4.69, 9.17) is 9.84 Å². The minimum atomic E-state index is -0.462. The Balaban J connectivity index is 0.00000106. The number of amides is 1. The number of aldehydes is 1. The molecule has 0 aromatic heterocycles. The summed E-state index contributed by atoms with van der Waals surface area (Å²) in [6, 6.07) is 0. The highest BCUT2D eigenvalue weighted by atomic mass is 16.6. The second-order valence-electron chi connectivity index (χ2n) is 4.61. The fourth-order valence-electron chi connectivity index (χ4n) is 1.39. The minimum Gasteiger partial charge on any atom is -0.444 e. The number of nitrogens with zero attached hydrogens (tertiary/aromatic N) is 1. The molecule has 0 aliphatic carbocycles. The van der Waals surface area contributed by atoms with Crippen molar-refractivity contribution in [3.8, 4) is 0 Å². The van der Waals surface area contributed by atoms with E-state index in [-0.39, 0.29) is 12.0 Å². The van der Waals surface area contributed by atoms with Gasteiger partial charge in [-0.05, 0) is 27.2 Å². The molecule has 0 aromatic rings. The molecular weight excluding hydrogens is 210 g/mol. The first kappa shape index (κ1) is 14.9. The fourth-order valence-corrected chi connectivity index (χ4v) is 1.39. The molecular formula is C11H21NO4. The monoisotopic (exact) mass is 231 g/mol. The van der Waals surface area contributed by atoms with Crippen LogP contribution in [0.5, 0.6) is 0 Å². The van der Waals surface area contributed by atoms with Crippen molar-refractivity contribution in [1.29, 1.82) is 0 Å². The summed E-state index contributed by atoms with van der Waals surface area (Å²) in [6.45, 7) is 6.62. The molecule has 94 valence electrons. The zero-order chi connectivity index (χ0) is 12.8. The maximum atomic E-state index is 11.5. The molecule has 1 amide bonds. The van der Waals surface area contributed by atoms with E-state index in [0.29, 0.717) is 13.1 Å². The van der Waals surface area contributed by atoms with Crippen molar-refractivity contribution in [3.63, 3.8) is 0 Å². The molecule has 5 heteroatoms. The van der Waals surface area contributed by atoms with Crippen molar-refractivity contribution < 1.29 is 19.4 Å². The van der Waals surface area contributed by atoms with Crippen LogP contribution in [0.25, 0.3) is 0 Å². The van der Waals surface area contributed by atoms with Gasteiger partial charge in [0.2, 0.25) is 0 Å². The van der Waals surface area contributed by atoms with Crippen LogP contribution in [0.2, 0.25) is 0 Å². The second kappa shape index (κ2) is 6.48. The molecule has 5 nitrogen and oxygen atoms in total. The molecule has 0 bridgehead atoms. The Morgan fingerprint density at radius 3 is 2.38 bits per heavy atom. The van der Waals surface area contributed by atoms with Crippen LogP contribution in [-0.2, 0) is 9.53 Å². The summed E-state index contributed by atoms with van der Waals surface area (Å²) in [5.41, 5.74) is -0.462. The molecule has 0 unspecified atom stereocenters. The van der Waals surface area contributed by atoms with E-state index in [1.54, 1.807) is 4.90 Å². The first-order valence-corrected chi connectivity index (χ1v) is 5.30. The van der Waals surface area contributed by atoms with Crippen LogP contribution in [-0.4, -0.2) is 48.2 Å². The van der Waals surface area contributed by atoms with Crippen molar-refractivity contribution in [1.82, 2.24) is 4.90 Å². The predicted octanol–water partition coefficient (Wildman–Crippen LogP) is 1.05. The molecule has 1 fully saturated rings. The lowest BCUT2D eigenvalue weighted by molar-refractivity contribution is -0.110. The van der Waals surface area contributed by atoms with Crippen molar-refractivity contribution in [3.05, 3.63) is 0 Å². The van der Waals surface area contributed by atoms with Crippen LogP contribution in [0.1, 0.15) is 27.2 Å². The molecule has 16 heavy (non-hydrogen) atoms. The minimum absolute atomic E-state index is 0.0116. The summed E-state index contributed by atoms with van der Waals surface area (Å²) < 4.78 is 5.19. The molecule has 0 saturated carbocycles. The van der Waals surface area contributed by atoms with Gasteiger partial charge in [-0.25, -0.2) is 4.79 Å². The van der Waals surface area contributed by atoms with Crippen LogP contribution < -0.4 is 0 Å². The van der Waals surface area contributed by atoms with Crippen molar-refractivity contribution in [2.45, 2.75) is 32.8 Å². The van der Waals surface area contributed by atoms with E-state index in [0.717, 1.165) is 19.8 Å². The fraction of sp³-hybridized carbons (Fsp3) is 0.818. The Bertz CT molecular complexity index is 235. The third-order valence-electron chi connectivity index (χ3n) is 2.07. The lowest BCUT2D eigenvalue weighted by atomic mass is 10.1. The summed E-state index contributed by atoms with van der Waals surface area (Å²) in [5.74, 6) is -0.0116. The third kappa shape index (κ3) is 5.11. The maximum Gasteiger partial charge on any atom is 0.410 e. The third-order valence-corrected chi connectivity index (χ3v) is 2.07. The summed E-state index contributed by atoms with van der Waals surface area (Å²) in [4.78, 5) is 23.6. The highest BCUT2D eigenvalue weighted by Gasteiger charge is 2.29. The maximum absolute atomic E-state index is 11.5. The highest BCUT2D eigenvalue weighted by molar-refractivity contribution is 5.69. The largest absolute Gasteiger partial charge is 0.444 e. The normalized spacial score (nSPS) is 19.8. The van der Waals surface area contributed by atoms with Gasteiger partial charge in [-0.2, -0.15) is 0 Å². The van der Waals surface area contributed by atoms with Gasteiger partial charge in [0.15, 0.2) is 0 Å². The predicted molar refractivity (Wildman–Crippen MR) is 60.1 cm³/mol. The van der Waals surface area contributed by atoms with Gasteiger partial charge in [0.1, 0.15) is 11.9 Å². The SMILES string of the molecule is CC(C)(C)OC(=O)N1CC[C@@H](C=O)C1.CO. The van der Waals surface area contributed by atoms with Gasteiger partial charge in [0.05, 0.1) is 0 Å². The van der Waals surface area contributed by atoms with Gasteiger partial charge >= 0.3 is 6.09 Å². The van der Waals surface area contributed by atoms with E-state index in [1.807, 2.05) is 20.8 Å². The molecule has 1 aliphatic rings. The summed E-state index contributed by atoms with van der Waals surface area (Å²) in [5, 5.41) is 7.00. The number of rotatable bonds is 1. The van der Waals surface area contributed by atoms with E-state index >= 15 is 0 Å². The Hall–Kier alpha value is -1.10. The number of carbonyl (C=O) groups is 2. The summed E-state index contributed by atoms with van der Waals surface area (Å²) in [6.07, 6.45) is 1.34. The Labute approximate surface area is 96.4 Å². The average molecular weight is 231 g/mol. The number of carbonyl (C=O) groups excluding carboxylic acids is 2. The Morgan fingerprint density at radius 1 is 1.44 bits per heavy atom. The molecule has 1 atom stereocenters. The van der Waals surface area contributed by atoms with Gasteiger partial charge in [-0.3, -0.25) is 0 Å². The average Bonchev–Trinajstić information content (AvgIpc) is 2.66. The van der Waals surface area contributed by atoms with E-state index < -0.39 is 5.60 Å². The molecule has 1 aliphatic heterocycles. The first-order valence-electron chi connectivity index (χ1n) is 5.30. The number of aliphatic hydroxyl groups is 1. The molecule has 1 rings (SSSR count). The number of hydrogen-bond acceptors (Lipinski definition) is 4. The van der Waals surface area contributed by atoms with Gasteiger partial charge in [0.25, 0.3) is 0 Å². The molecule has 1 heterocycles.